The molecule has 0 amide bonds. The SMILES string of the molecule is CCN1CCN(C(c2ccccc2Cl)C(C)N)CC1. The van der Waals surface area contributed by atoms with Crippen molar-refractivity contribution in [2.75, 3.05) is 32.7 Å². The summed E-state index contributed by atoms with van der Waals surface area (Å²) >= 11 is 6.35. The first-order chi connectivity index (χ1) is 9.13. The van der Waals surface area contributed by atoms with Crippen molar-refractivity contribution >= 4 is 11.6 Å². The molecule has 106 valence electrons. The van der Waals surface area contributed by atoms with Crippen LogP contribution in [0.4, 0.5) is 0 Å². The molecule has 1 aliphatic heterocycles. The first-order valence-corrected chi connectivity index (χ1v) is 7.47. The van der Waals surface area contributed by atoms with Gasteiger partial charge in [-0.05, 0) is 25.1 Å². The molecule has 2 rings (SSSR count). The highest BCUT2D eigenvalue weighted by molar-refractivity contribution is 6.31. The van der Waals surface area contributed by atoms with E-state index < -0.39 is 0 Å². The molecule has 1 fully saturated rings. The summed E-state index contributed by atoms with van der Waals surface area (Å²) in [5.74, 6) is 0. The van der Waals surface area contributed by atoms with E-state index >= 15 is 0 Å². The molecule has 1 heterocycles. The molecule has 0 aliphatic carbocycles. The van der Waals surface area contributed by atoms with Crippen LogP contribution >= 0.6 is 11.6 Å². The highest BCUT2D eigenvalue weighted by atomic mass is 35.5. The van der Waals surface area contributed by atoms with Gasteiger partial charge in [0.1, 0.15) is 0 Å². The number of nitrogens with zero attached hydrogens (tertiary/aromatic N) is 2. The van der Waals surface area contributed by atoms with Crippen LogP contribution in [0.3, 0.4) is 0 Å². The van der Waals surface area contributed by atoms with Crippen LogP contribution in [-0.4, -0.2) is 48.6 Å². The summed E-state index contributed by atoms with van der Waals surface area (Å²) in [5.41, 5.74) is 7.38. The molecule has 1 saturated heterocycles. The number of hydrogen-bond acceptors (Lipinski definition) is 3. The topological polar surface area (TPSA) is 32.5 Å². The lowest BCUT2D eigenvalue weighted by Crippen LogP contribution is -2.50. The Kier molecular flexibility index (Phi) is 5.22. The smallest absolute Gasteiger partial charge is 0.0512 e. The molecule has 3 nitrogen and oxygen atoms in total. The molecule has 4 heteroatoms. The lowest BCUT2D eigenvalue weighted by Gasteiger charge is -2.41. The Hall–Kier alpha value is -0.610. The fourth-order valence-electron chi connectivity index (χ4n) is 2.89. The molecule has 2 N–H and O–H groups in total. The Labute approximate surface area is 121 Å². The summed E-state index contributed by atoms with van der Waals surface area (Å²) in [6.45, 7) is 9.76. The molecule has 0 saturated carbocycles. The first-order valence-electron chi connectivity index (χ1n) is 7.10. The molecular formula is C15H24ClN3. The van der Waals surface area contributed by atoms with Crippen molar-refractivity contribution in [2.45, 2.75) is 25.9 Å². The minimum absolute atomic E-state index is 0.0769. The van der Waals surface area contributed by atoms with Crippen LogP contribution in [0, 0.1) is 0 Å². The van der Waals surface area contributed by atoms with Crippen LogP contribution < -0.4 is 5.73 Å². The van der Waals surface area contributed by atoms with Crippen molar-refractivity contribution in [1.29, 1.82) is 0 Å². The molecule has 2 unspecified atom stereocenters. The predicted molar refractivity (Wildman–Crippen MR) is 81.5 cm³/mol. The van der Waals surface area contributed by atoms with Crippen molar-refractivity contribution in [3.05, 3.63) is 34.9 Å². The third-order valence-corrected chi connectivity index (χ3v) is 4.31. The molecule has 1 aromatic carbocycles. The third-order valence-electron chi connectivity index (χ3n) is 3.97. The summed E-state index contributed by atoms with van der Waals surface area (Å²) in [5, 5.41) is 0.822. The monoisotopic (exact) mass is 281 g/mol. The molecule has 2 atom stereocenters. The van der Waals surface area contributed by atoms with Gasteiger partial charge in [0.2, 0.25) is 0 Å². The number of halogens is 1. The van der Waals surface area contributed by atoms with Crippen LogP contribution in [0.2, 0.25) is 5.02 Å². The quantitative estimate of drug-likeness (QED) is 0.920. The van der Waals surface area contributed by atoms with Crippen LogP contribution in [0.15, 0.2) is 24.3 Å². The lowest BCUT2D eigenvalue weighted by molar-refractivity contribution is 0.0898. The fraction of sp³-hybridized carbons (Fsp3) is 0.600. The number of benzene rings is 1. The maximum atomic E-state index is 6.35. The zero-order valence-corrected chi connectivity index (χ0v) is 12.6. The van der Waals surface area contributed by atoms with E-state index in [1.165, 1.54) is 0 Å². The molecule has 1 aliphatic rings. The maximum Gasteiger partial charge on any atom is 0.0512 e. The van der Waals surface area contributed by atoms with Gasteiger partial charge in [-0.2, -0.15) is 0 Å². The van der Waals surface area contributed by atoms with Gasteiger partial charge in [-0.25, -0.2) is 0 Å². The number of piperazine rings is 1. The van der Waals surface area contributed by atoms with E-state index in [1.807, 2.05) is 18.2 Å². The third kappa shape index (κ3) is 3.48. The van der Waals surface area contributed by atoms with Gasteiger partial charge in [0.25, 0.3) is 0 Å². The summed E-state index contributed by atoms with van der Waals surface area (Å²) in [7, 11) is 0. The predicted octanol–water partition coefficient (Wildman–Crippen LogP) is 2.37. The van der Waals surface area contributed by atoms with E-state index in [-0.39, 0.29) is 12.1 Å². The minimum Gasteiger partial charge on any atom is -0.326 e. The zero-order valence-electron chi connectivity index (χ0n) is 11.8. The lowest BCUT2D eigenvalue weighted by atomic mass is 9.98. The van der Waals surface area contributed by atoms with Crippen LogP contribution in [0.25, 0.3) is 0 Å². The van der Waals surface area contributed by atoms with Crippen molar-refractivity contribution in [3.63, 3.8) is 0 Å². The largest absolute Gasteiger partial charge is 0.326 e. The van der Waals surface area contributed by atoms with E-state index in [9.17, 15) is 0 Å². The minimum atomic E-state index is 0.0769. The average molecular weight is 282 g/mol. The Balaban J connectivity index is 2.16. The second-order valence-electron chi connectivity index (χ2n) is 5.30. The molecule has 0 radical (unpaired) electrons. The number of rotatable bonds is 4. The van der Waals surface area contributed by atoms with Gasteiger partial charge < -0.3 is 10.6 Å². The Bertz CT molecular complexity index is 400. The fourth-order valence-corrected chi connectivity index (χ4v) is 3.13. The van der Waals surface area contributed by atoms with Gasteiger partial charge in [-0.3, -0.25) is 4.90 Å². The summed E-state index contributed by atoms with van der Waals surface area (Å²) in [6.07, 6.45) is 0. The van der Waals surface area contributed by atoms with Crippen LogP contribution in [0.1, 0.15) is 25.5 Å². The van der Waals surface area contributed by atoms with E-state index in [1.54, 1.807) is 0 Å². The summed E-state index contributed by atoms with van der Waals surface area (Å²) < 4.78 is 0. The van der Waals surface area contributed by atoms with Gasteiger partial charge in [-0.1, -0.05) is 36.7 Å². The average Bonchev–Trinajstić information content (AvgIpc) is 2.42. The Morgan fingerprint density at radius 3 is 2.37 bits per heavy atom. The highest BCUT2D eigenvalue weighted by Crippen LogP contribution is 2.30. The van der Waals surface area contributed by atoms with Crippen molar-refractivity contribution in [1.82, 2.24) is 9.80 Å². The molecule has 0 aromatic heterocycles. The second-order valence-corrected chi connectivity index (χ2v) is 5.70. The highest BCUT2D eigenvalue weighted by Gasteiger charge is 2.28. The maximum absolute atomic E-state index is 6.35. The van der Waals surface area contributed by atoms with Crippen molar-refractivity contribution in [2.24, 2.45) is 5.73 Å². The van der Waals surface area contributed by atoms with Crippen LogP contribution in [0.5, 0.6) is 0 Å². The normalized spacial score (nSPS) is 21.3. The second kappa shape index (κ2) is 6.71. The molecule has 0 spiro atoms. The van der Waals surface area contributed by atoms with E-state index in [4.69, 9.17) is 17.3 Å². The van der Waals surface area contributed by atoms with Gasteiger partial charge >= 0.3 is 0 Å². The molecule has 1 aromatic rings. The van der Waals surface area contributed by atoms with E-state index in [0.29, 0.717) is 0 Å². The van der Waals surface area contributed by atoms with Gasteiger partial charge in [0.15, 0.2) is 0 Å². The number of nitrogens with two attached hydrogens (primary N) is 1. The first kappa shape index (κ1) is 14.8. The molecular weight excluding hydrogens is 258 g/mol. The summed E-state index contributed by atoms with van der Waals surface area (Å²) in [6, 6.07) is 8.36. The van der Waals surface area contributed by atoms with Gasteiger partial charge in [-0.15, -0.1) is 0 Å². The molecule has 19 heavy (non-hydrogen) atoms. The Morgan fingerprint density at radius 1 is 1.21 bits per heavy atom. The standard InChI is InChI=1S/C15H24ClN3/c1-3-18-8-10-19(11-9-18)15(12(2)17)13-6-4-5-7-14(13)16/h4-7,12,15H,3,8-11,17H2,1-2H3. The van der Waals surface area contributed by atoms with Gasteiger partial charge in [0.05, 0.1) is 6.04 Å². The zero-order chi connectivity index (χ0) is 13.8. The van der Waals surface area contributed by atoms with E-state index in [0.717, 1.165) is 43.3 Å². The van der Waals surface area contributed by atoms with E-state index in [2.05, 4.69) is 29.7 Å². The van der Waals surface area contributed by atoms with Gasteiger partial charge in [0, 0.05) is 37.2 Å². The van der Waals surface area contributed by atoms with Crippen LogP contribution in [-0.2, 0) is 0 Å². The van der Waals surface area contributed by atoms with Crippen molar-refractivity contribution < 1.29 is 0 Å². The number of likely N-dealkylation sites (N-methyl/N-ethyl adjacent to an activating group) is 1. The van der Waals surface area contributed by atoms with Crippen molar-refractivity contribution in [3.8, 4) is 0 Å². The Morgan fingerprint density at radius 2 is 1.84 bits per heavy atom. The summed E-state index contributed by atoms with van der Waals surface area (Å²) in [4.78, 5) is 4.94. The number of hydrogen-bond donors (Lipinski definition) is 1. The molecule has 0 bridgehead atoms.